The summed E-state index contributed by atoms with van der Waals surface area (Å²) in [5, 5.41) is 8.85. The van der Waals surface area contributed by atoms with Crippen LogP contribution in [0.25, 0.3) is 6.08 Å². The van der Waals surface area contributed by atoms with Gasteiger partial charge in [-0.05, 0) is 29.3 Å². The van der Waals surface area contributed by atoms with Gasteiger partial charge in [0.15, 0.2) is 5.78 Å². The molecule has 3 nitrogen and oxygen atoms in total. The Balaban J connectivity index is 1.91. The molecule has 0 aliphatic heterocycles. The summed E-state index contributed by atoms with van der Waals surface area (Å²) in [7, 11) is 0. The Morgan fingerprint density at radius 1 is 1.05 bits per heavy atom. The summed E-state index contributed by atoms with van der Waals surface area (Å²) in [6, 6.07) is 14.1. The van der Waals surface area contributed by atoms with Gasteiger partial charge in [-0.3, -0.25) is 4.79 Å². The van der Waals surface area contributed by atoms with Crippen molar-refractivity contribution in [3.63, 3.8) is 0 Å². The van der Waals surface area contributed by atoms with E-state index in [0.29, 0.717) is 6.42 Å². The van der Waals surface area contributed by atoms with Crippen molar-refractivity contribution in [3.05, 3.63) is 76.4 Å². The van der Waals surface area contributed by atoms with E-state index in [4.69, 9.17) is 5.11 Å². The van der Waals surface area contributed by atoms with Crippen LogP contribution in [0.15, 0.2) is 54.1 Å². The first-order valence-corrected chi connectivity index (χ1v) is 6.32. The summed E-state index contributed by atoms with van der Waals surface area (Å²) < 4.78 is 0. The van der Waals surface area contributed by atoms with E-state index in [1.807, 2.05) is 30.3 Å². The highest BCUT2D eigenvalue weighted by atomic mass is 16.4. The lowest BCUT2D eigenvalue weighted by atomic mass is 10.1. The van der Waals surface area contributed by atoms with E-state index in [-0.39, 0.29) is 11.3 Å². The number of hydrogen-bond acceptors (Lipinski definition) is 2. The number of rotatable bonds is 2. The molecular weight excluding hydrogens is 252 g/mol. The molecule has 0 atom stereocenters. The first kappa shape index (κ1) is 12.4. The Bertz CT molecular complexity index is 724. The predicted molar refractivity (Wildman–Crippen MR) is 75.9 cm³/mol. The fourth-order valence-corrected chi connectivity index (χ4v) is 2.39. The number of hydrogen-bond donors (Lipinski definition) is 1. The zero-order chi connectivity index (χ0) is 14.1. The van der Waals surface area contributed by atoms with Gasteiger partial charge in [0.25, 0.3) is 0 Å². The molecule has 3 heteroatoms. The van der Waals surface area contributed by atoms with Gasteiger partial charge in [-0.15, -0.1) is 0 Å². The normalized spacial score (nSPS) is 15.4. The highest BCUT2D eigenvalue weighted by Crippen LogP contribution is 2.27. The van der Waals surface area contributed by atoms with Gasteiger partial charge in [-0.1, -0.05) is 36.4 Å². The summed E-state index contributed by atoms with van der Waals surface area (Å²) in [5.41, 5.74) is 3.64. The molecule has 0 amide bonds. The van der Waals surface area contributed by atoms with Gasteiger partial charge < -0.3 is 5.11 Å². The van der Waals surface area contributed by atoms with Crippen LogP contribution in [-0.2, 0) is 6.42 Å². The van der Waals surface area contributed by atoms with Crippen molar-refractivity contribution in [1.82, 2.24) is 0 Å². The van der Waals surface area contributed by atoms with Crippen molar-refractivity contribution < 1.29 is 14.7 Å². The molecule has 0 bridgehead atoms. The maximum absolute atomic E-state index is 12.2. The van der Waals surface area contributed by atoms with Crippen molar-refractivity contribution in [1.29, 1.82) is 0 Å². The number of carbonyl (C=O) groups is 2. The van der Waals surface area contributed by atoms with E-state index in [9.17, 15) is 9.59 Å². The third kappa shape index (κ3) is 2.14. The number of carboxylic acids is 1. The SMILES string of the molecule is O=C(O)c1ccc(/C=C2/Cc3ccccc3C2=O)cc1. The van der Waals surface area contributed by atoms with Crippen molar-refractivity contribution >= 4 is 17.8 Å². The second kappa shape index (κ2) is 4.78. The topological polar surface area (TPSA) is 54.4 Å². The summed E-state index contributed by atoms with van der Waals surface area (Å²) in [4.78, 5) is 23.0. The first-order valence-electron chi connectivity index (χ1n) is 6.32. The van der Waals surface area contributed by atoms with Crippen molar-refractivity contribution in [3.8, 4) is 0 Å². The lowest BCUT2D eigenvalue weighted by Crippen LogP contribution is -1.96. The fraction of sp³-hybridized carbons (Fsp3) is 0.0588. The Morgan fingerprint density at radius 2 is 1.75 bits per heavy atom. The molecule has 0 saturated heterocycles. The van der Waals surface area contributed by atoms with E-state index in [1.54, 1.807) is 24.3 Å². The number of ketones is 1. The number of carbonyl (C=O) groups excluding carboxylic acids is 1. The molecule has 0 unspecified atom stereocenters. The maximum atomic E-state index is 12.2. The molecule has 0 fully saturated rings. The minimum absolute atomic E-state index is 0.0583. The minimum Gasteiger partial charge on any atom is -0.478 e. The number of benzene rings is 2. The lowest BCUT2D eigenvalue weighted by Gasteiger charge is -1.98. The van der Waals surface area contributed by atoms with Crippen LogP contribution < -0.4 is 0 Å². The number of fused-ring (bicyclic) bond motifs is 1. The molecule has 0 radical (unpaired) electrons. The third-order valence-electron chi connectivity index (χ3n) is 3.43. The molecule has 0 aromatic heterocycles. The molecule has 1 N–H and O–H groups in total. The van der Waals surface area contributed by atoms with Crippen LogP contribution in [-0.4, -0.2) is 16.9 Å². The van der Waals surface area contributed by atoms with Crippen molar-refractivity contribution in [2.45, 2.75) is 6.42 Å². The summed E-state index contributed by atoms with van der Waals surface area (Å²) in [6.45, 7) is 0. The standard InChI is InChI=1S/C17H12O3/c18-16-14(10-13-3-1-2-4-15(13)16)9-11-5-7-12(8-6-11)17(19)20/h1-9H,10H2,(H,19,20)/b14-9-. The highest BCUT2D eigenvalue weighted by Gasteiger charge is 2.23. The van der Waals surface area contributed by atoms with Gasteiger partial charge in [0.2, 0.25) is 0 Å². The number of carboxylic acid groups (broad SMARTS) is 1. The van der Waals surface area contributed by atoms with E-state index in [0.717, 1.165) is 22.3 Å². The second-order valence-corrected chi connectivity index (χ2v) is 4.76. The largest absolute Gasteiger partial charge is 0.478 e. The minimum atomic E-state index is -0.950. The third-order valence-corrected chi connectivity index (χ3v) is 3.43. The van der Waals surface area contributed by atoms with E-state index in [1.165, 1.54) is 0 Å². The number of aromatic carboxylic acids is 1. The van der Waals surface area contributed by atoms with Gasteiger partial charge in [0.1, 0.15) is 0 Å². The van der Waals surface area contributed by atoms with Crippen LogP contribution in [0.2, 0.25) is 0 Å². The van der Waals surface area contributed by atoms with Gasteiger partial charge in [0, 0.05) is 17.6 Å². The number of Topliss-reactive ketones (excluding diaryl/α,β-unsaturated/α-hetero) is 1. The molecule has 3 rings (SSSR count). The molecule has 1 aliphatic carbocycles. The Labute approximate surface area is 116 Å². The highest BCUT2D eigenvalue weighted by molar-refractivity contribution is 6.15. The van der Waals surface area contributed by atoms with E-state index in [2.05, 4.69) is 0 Å². The number of allylic oxidation sites excluding steroid dienone is 1. The van der Waals surface area contributed by atoms with Gasteiger partial charge in [-0.25, -0.2) is 4.79 Å². The molecular formula is C17H12O3. The molecule has 0 spiro atoms. The van der Waals surface area contributed by atoms with Gasteiger partial charge in [-0.2, -0.15) is 0 Å². The quantitative estimate of drug-likeness (QED) is 0.847. The van der Waals surface area contributed by atoms with Crippen LogP contribution in [0, 0.1) is 0 Å². The zero-order valence-corrected chi connectivity index (χ0v) is 10.7. The van der Waals surface area contributed by atoms with Crippen LogP contribution in [0.4, 0.5) is 0 Å². The van der Waals surface area contributed by atoms with Crippen LogP contribution in [0.1, 0.15) is 31.8 Å². The predicted octanol–water partition coefficient (Wildman–Crippen LogP) is 3.21. The molecule has 1 aliphatic rings. The summed E-state index contributed by atoms with van der Waals surface area (Å²) in [5.74, 6) is -0.892. The summed E-state index contributed by atoms with van der Waals surface area (Å²) >= 11 is 0. The van der Waals surface area contributed by atoms with E-state index < -0.39 is 5.97 Å². The summed E-state index contributed by atoms with van der Waals surface area (Å²) in [6.07, 6.45) is 2.46. The molecule has 2 aromatic rings. The molecule has 2 aromatic carbocycles. The average molecular weight is 264 g/mol. The van der Waals surface area contributed by atoms with Crippen LogP contribution in [0.5, 0.6) is 0 Å². The maximum Gasteiger partial charge on any atom is 0.335 e. The molecule has 0 saturated carbocycles. The lowest BCUT2D eigenvalue weighted by molar-refractivity contribution is 0.0696. The van der Waals surface area contributed by atoms with E-state index >= 15 is 0 Å². The monoisotopic (exact) mass is 264 g/mol. The molecule has 98 valence electrons. The van der Waals surface area contributed by atoms with Crippen LogP contribution in [0.3, 0.4) is 0 Å². The zero-order valence-electron chi connectivity index (χ0n) is 10.7. The van der Waals surface area contributed by atoms with Crippen molar-refractivity contribution in [2.24, 2.45) is 0 Å². The van der Waals surface area contributed by atoms with Gasteiger partial charge >= 0.3 is 5.97 Å². The first-order chi connectivity index (χ1) is 9.65. The van der Waals surface area contributed by atoms with Crippen molar-refractivity contribution in [2.75, 3.05) is 0 Å². The Kier molecular flexibility index (Phi) is 2.95. The molecule has 20 heavy (non-hydrogen) atoms. The average Bonchev–Trinajstić information content (AvgIpc) is 2.77. The second-order valence-electron chi connectivity index (χ2n) is 4.76. The molecule has 0 heterocycles. The fourth-order valence-electron chi connectivity index (χ4n) is 2.39. The Morgan fingerprint density at radius 3 is 2.40 bits per heavy atom. The smallest absolute Gasteiger partial charge is 0.335 e. The van der Waals surface area contributed by atoms with Crippen LogP contribution >= 0.6 is 0 Å². The Hall–Kier alpha value is -2.68. The van der Waals surface area contributed by atoms with Gasteiger partial charge in [0.05, 0.1) is 5.56 Å².